The molecule has 0 saturated carbocycles. The van der Waals surface area contributed by atoms with Crippen molar-refractivity contribution in [1.82, 2.24) is 0 Å². The summed E-state index contributed by atoms with van der Waals surface area (Å²) in [4.78, 5) is 71.9. The molecule has 0 fully saturated rings. The van der Waals surface area contributed by atoms with Crippen LogP contribution in [-0.2, 0) is 65.4 Å². The fraction of sp³-hybridized carbons (Fsp3) is 0.933. The molecule has 0 heterocycles. The summed E-state index contributed by atoms with van der Waals surface area (Å²) in [6, 6.07) is 0. The Morgan fingerprint density at radius 3 is 0.962 bits per heavy atom. The zero-order chi connectivity index (χ0) is 58.7. The lowest BCUT2D eigenvalue weighted by molar-refractivity contribution is -0.161. The first-order chi connectivity index (χ1) is 37.9. The van der Waals surface area contributed by atoms with E-state index in [0.717, 1.165) is 121 Å². The van der Waals surface area contributed by atoms with Crippen LogP contribution in [0.4, 0.5) is 0 Å². The van der Waals surface area contributed by atoms with E-state index in [-0.39, 0.29) is 25.7 Å². The SMILES string of the molecule is CCCCCCCCCCC(=O)OC[C@H](COP(=O)(O)OC[C@H](O)COP(=O)(O)OC[C@@H](COC(=O)CCCCCCCCC(C)CC)OC(=O)CCCCCCCCCCCCC(C)C)OC(=O)CCCCCCCCCC. The summed E-state index contributed by atoms with van der Waals surface area (Å²) >= 11 is 0. The molecule has 0 amide bonds. The van der Waals surface area contributed by atoms with E-state index in [4.69, 9.17) is 37.0 Å². The van der Waals surface area contributed by atoms with Crippen LogP contribution in [0.5, 0.6) is 0 Å². The van der Waals surface area contributed by atoms with Gasteiger partial charge in [-0.25, -0.2) is 9.13 Å². The number of phosphoric ester groups is 2. The third kappa shape index (κ3) is 53.8. The molecule has 0 aromatic carbocycles. The number of rotatable bonds is 59. The molecule has 0 aromatic heterocycles. The summed E-state index contributed by atoms with van der Waals surface area (Å²) in [5.74, 6) is -0.662. The standard InChI is InChI=1S/C60H116O17P2/c1-7-10-12-14-16-23-30-36-42-57(62)70-48-55(76-59(64)44-38-32-24-17-15-13-11-8-2)50-74-78(66,67)72-46-54(61)47-73-79(68,69)75-51-56(49-71-58(63)43-37-31-27-26-29-35-41-53(6)9-3)77-60(65)45-39-33-25-21-19-18-20-22-28-34-40-52(4)5/h52-56,61H,7-51H2,1-6H3,(H,66,67)(H,68,69)/t53?,54-,55+,56+/m0/s1. The molecule has 0 aliphatic rings. The fourth-order valence-corrected chi connectivity index (χ4v) is 10.4. The highest BCUT2D eigenvalue weighted by Crippen LogP contribution is 2.45. The zero-order valence-corrected chi connectivity index (χ0v) is 52.4. The van der Waals surface area contributed by atoms with Crippen LogP contribution in [0.1, 0.15) is 292 Å². The van der Waals surface area contributed by atoms with Crippen LogP contribution in [0.15, 0.2) is 0 Å². The maximum atomic E-state index is 12.9. The first kappa shape index (κ1) is 77.1. The number of ether oxygens (including phenoxy) is 4. The normalized spacial score (nSPS) is 14.8. The van der Waals surface area contributed by atoms with E-state index in [9.17, 15) is 43.2 Å². The molecule has 0 bridgehead atoms. The second-order valence-corrected chi connectivity index (χ2v) is 25.4. The minimum atomic E-state index is -4.94. The van der Waals surface area contributed by atoms with E-state index in [0.29, 0.717) is 25.7 Å². The van der Waals surface area contributed by atoms with Crippen molar-refractivity contribution in [3.05, 3.63) is 0 Å². The number of carbonyl (C=O) groups excluding carboxylic acids is 4. The Morgan fingerprint density at radius 2 is 0.646 bits per heavy atom. The molecule has 0 rings (SSSR count). The summed E-state index contributed by atoms with van der Waals surface area (Å²) in [5.41, 5.74) is 0. The molecule has 0 aliphatic heterocycles. The van der Waals surface area contributed by atoms with Gasteiger partial charge in [0.1, 0.15) is 19.3 Å². The molecule has 0 radical (unpaired) electrons. The second kappa shape index (κ2) is 52.8. The van der Waals surface area contributed by atoms with Crippen molar-refractivity contribution >= 4 is 39.5 Å². The smallest absolute Gasteiger partial charge is 0.462 e. The Balaban J connectivity index is 5.22. The molecular formula is C60H116O17P2. The van der Waals surface area contributed by atoms with E-state index in [2.05, 4.69) is 41.5 Å². The third-order valence-corrected chi connectivity index (χ3v) is 16.0. The van der Waals surface area contributed by atoms with Gasteiger partial charge in [0.05, 0.1) is 26.4 Å². The van der Waals surface area contributed by atoms with E-state index < -0.39 is 97.5 Å². The highest BCUT2D eigenvalue weighted by Gasteiger charge is 2.30. The van der Waals surface area contributed by atoms with Crippen LogP contribution in [0, 0.1) is 11.8 Å². The molecular weight excluding hydrogens is 1050 g/mol. The summed E-state index contributed by atoms with van der Waals surface area (Å²) in [5, 5.41) is 10.5. The van der Waals surface area contributed by atoms with Crippen LogP contribution in [0.25, 0.3) is 0 Å². The van der Waals surface area contributed by atoms with Crippen molar-refractivity contribution in [3.63, 3.8) is 0 Å². The van der Waals surface area contributed by atoms with E-state index >= 15 is 0 Å². The van der Waals surface area contributed by atoms with Crippen LogP contribution in [-0.4, -0.2) is 96.7 Å². The lowest BCUT2D eigenvalue weighted by atomic mass is 10.00. The average Bonchev–Trinajstić information content (AvgIpc) is 3.41. The molecule has 0 aliphatic carbocycles. The maximum absolute atomic E-state index is 12.9. The van der Waals surface area contributed by atoms with Gasteiger partial charge < -0.3 is 33.8 Å². The van der Waals surface area contributed by atoms with Crippen molar-refractivity contribution in [1.29, 1.82) is 0 Å². The summed E-state index contributed by atoms with van der Waals surface area (Å²) < 4.78 is 67.7. The van der Waals surface area contributed by atoms with Crippen molar-refractivity contribution < 1.29 is 80.2 Å². The van der Waals surface area contributed by atoms with E-state index in [1.807, 2.05) is 0 Å². The molecule has 3 unspecified atom stereocenters. The Labute approximate surface area is 479 Å². The van der Waals surface area contributed by atoms with Gasteiger partial charge in [-0.1, -0.05) is 241 Å². The van der Waals surface area contributed by atoms with Crippen LogP contribution < -0.4 is 0 Å². The lowest BCUT2D eigenvalue weighted by Crippen LogP contribution is -2.30. The van der Waals surface area contributed by atoms with Gasteiger partial charge in [-0.15, -0.1) is 0 Å². The zero-order valence-electron chi connectivity index (χ0n) is 50.7. The van der Waals surface area contributed by atoms with Crippen LogP contribution >= 0.6 is 15.6 Å². The predicted octanol–water partition coefficient (Wildman–Crippen LogP) is 16.1. The van der Waals surface area contributed by atoms with Crippen LogP contribution in [0.2, 0.25) is 0 Å². The summed E-state index contributed by atoms with van der Waals surface area (Å²) in [6.45, 7) is 9.36. The minimum absolute atomic E-state index is 0.104. The monoisotopic (exact) mass is 1170 g/mol. The van der Waals surface area contributed by atoms with Gasteiger partial charge in [-0.05, 0) is 37.5 Å². The van der Waals surface area contributed by atoms with Crippen molar-refractivity contribution in [2.24, 2.45) is 11.8 Å². The number of hydrogen-bond donors (Lipinski definition) is 3. The highest BCUT2D eigenvalue weighted by molar-refractivity contribution is 7.47. The molecule has 0 spiro atoms. The van der Waals surface area contributed by atoms with Gasteiger partial charge >= 0.3 is 39.5 Å². The highest BCUT2D eigenvalue weighted by atomic mass is 31.2. The predicted molar refractivity (Wildman–Crippen MR) is 312 cm³/mol. The van der Waals surface area contributed by atoms with E-state index in [1.165, 1.54) is 89.9 Å². The molecule has 6 atom stereocenters. The molecule has 17 nitrogen and oxygen atoms in total. The van der Waals surface area contributed by atoms with Gasteiger partial charge in [0, 0.05) is 25.7 Å². The first-order valence-corrected chi connectivity index (χ1v) is 34.5. The summed E-state index contributed by atoms with van der Waals surface area (Å²) in [6.07, 6.45) is 33.6. The second-order valence-electron chi connectivity index (χ2n) is 22.5. The number of carbonyl (C=O) groups is 4. The van der Waals surface area contributed by atoms with Crippen molar-refractivity contribution in [3.8, 4) is 0 Å². The number of unbranched alkanes of at least 4 members (excludes halogenated alkanes) is 28. The summed E-state index contributed by atoms with van der Waals surface area (Å²) in [7, 11) is -9.87. The third-order valence-electron chi connectivity index (χ3n) is 14.1. The molecule has 0 aromatic rings. The van der Waals surface area contributed by atoms with Gasteiger partial charge in [0.15, 0.2) is 12.2 Å². The van der Waals surface area contributed by atoms with E-state index in [1.54, 1.807) is 0 Å². The topological polar surface area (TPSA) is 237 Å². The lowest BCUT2D eigenvalue weighted by Gasteiger charge is -2.21. The first-order valence-electron chi connectivity index (χ1n) is 31.5. The van der Waals surface area contributed by atoms with Gasteiger partial charge in [0.2, 0.25) is 0 Å². The largest absolute Gasteiger partial charge is 0.472 e. The van der Waals surface area contributed by atoms with Crippen molar-refractivity contribution in [2.45, 2.75) is 310 Å². The molecule has 3 N–H and O–H groups in total. The number of aliphatic hydroxyl groups excluding tert-OH is 1. The Bertz CT molecular complexity index is 1570. The Hall–Kier alpha value is -1.94. The maximum Gasteiger partial charge on any atom is 0.472 e. The number of hydrogen-bond acceptors (Lipinski definition) is 15. The molecule has 0 saturated heterocycles. The fourth-order valence-electron chi connectivity index (χ4n) is 8.79. The Kier molecular flexibility index (Phi) is 51.5. The number of phosphoric acid groups is 2. The quantitative estimate of drug-likeness (QED) is 0.0222. The molecule has 79 heavy (non-hydrogen) atoms. The number of aliphatic hydroxyl groups is 1. The Morgan fingerprint density at radius 1 is 0.367 bits per heavy atom. The van der Waals surface area contributed by atoms with Gasteiger partial charge in [0.25, 0.3) is 0 Å². The average molecular weight is 1170 g/mol. The van der Waals surface area contributed by atoms with Gasteiger partial charge in [-0.2, -0.15) is 0 Å². The molecule has 19 heteroatoms. The van der Waals surface area contributed by atoms with Crippen LogP contribution in [0.3, 0.4) is 0 Å². The van der Waals surface area contributed by atoms with Crippen molar-refractivity contribution in [2.75, 3.05) is 39.6 Å². The van der Waals surface area contributed by atoms with Gasteiger partial charge in [-0.3, -0.25) is 37.3 Å². The minimum Gasteiger partial charge on any atom is -0.462 e. The number of esters is 4. The molecule has 468 valence electrons.